The second kappa shape index (κ2) is 12.2. The van der Waals surface area contributed by atoms with Crippen LogP contribution in [0, 0.1) is 13.8 Å². The van der Waals surface area contributed by atoms with Crippen molar-refractivity contribution in [2.24, 2.45) is 5.73 Å². The predicted octanol–water partition coefficient (Wildman–Crippen LogP) is 3.88. The van der Waals surface area contributed by atoms with Crippen LogP contribution in [0.2, 0.25) is 0 Å². The monoisotopic (exact) mass is 461 g/mol. The van der Waals surface area contributed by atoms with Gasteiger partial charge in [-0.05, 0) is 79.3 Å². The smallest absolute Gasteiger partial charge is 0.237 e. The van der Waals surface area contributed by atoms with Crippen molar-refractivity contribution in [3.05, 3.63) is 94.0 Å². The highest BCUT2D eigenvalue weighted by molar-refractivity contribution is 5.82. The summed E-state index contributed by atoms with van der Waals surface area (Å²) in [5.41, 5.74) is 12.3. The number of rotatable bonds is 11. The van der Waals surface area contributed by atoms with E-state index >= 15 is 0 Å². The maximum absolute atomic E-state index is 12.8. The molecular formula is C28H35N3O3. The molecule has 1 amide bonds. The van der Waals surface area contributed by atoms with Crippen molar-refractivity contribution >= 4 is 5.91 Å². The van der Waals surface area contributed by atoms with Crippen molar-refractivity contribution in [2.75, 3.05) is 6.61 Å². The lowest BCUT2D eigenvalue weighted by atomic mass is 9.96. The van der Waals surface area contributed by atoms with Gasteiger partial charge >= 0.3 is 0 Å². The SMILES string of the molecule is CCOc1ccc(CNCc2ccccc2)cc1CNC(=O)[C@@H](N)Cc1c(C)cc(O)cc1C. The zero-order chi connectivity index (χ0) is 24.5. The molecule has 6 nitrogen and oxygen atoms in total. The van der Waals surface area contributed by atoms with Crippen LogP contribution < -0.4 is 21.1 Å². The standard InChI is InChI=1S/C28H35N3O3/c1-4-34-27-11-10-22(17-30-16-21-8-6-5-7-9-21)14-23(27)18-31-28(33)26(29)15-25-19(2)12-24(32)13-20(25)3/h5-14,26,30,32H,4,15-18,29H2,1-3H3,(H,31,33)/t26-/m0/s1. The van der Waals surface area contributed by atoms with Crippen molar-refractivity contribution in [3.63, 3.8) is 0 Å². The minimum atomic E-state index is -0.687. The van der Waals surface area contributed by atoms with Crippen LogP contribution in [0.15, 0.2) is 60.7 Å². The summed E-state index contributed by atoms with van der Waals surface area (Å²) >= 11 is 0. The lowest BCUT2D eigenvalue weighted by Gasteiger charge is -2.17. The summed E-state index contributed by atoms with van der Waals surface area (Å²) in [5, 5.41) is 16.2. The maximum atomic E-state index is 12.8. The highest BCUT2D eigenvalue weighted by Crippen LogP contribution is 2.23. The zero-order valence-corrected chi connectivity index (χ0v) is 20.2. The summed E-state index contributed by atoms with van der Waals surface area (Å²) in [7, 11) is 0. The molecule has 0 spiro atoms. The summed E-state index contributed by atoms with van der Waals surface area (Å²) in [6.07, 6.45) is 0.408. The molecule has 180 valence electrons. The predicted molar refractivity (Wildman–Crippen MR) is 136 cm³/mol. The Morgan fingerprint density at radius 3 is 2.32 bits per heavy atom. The number of carbonyl (C=O) groups is 1. The van der Waals surface area contributed by atoms with Gasteiger partial charge in [0.2, 0.25) is 5.91 Å². The third-order valence-electron chi connectivity index (χ3n) is 5.82. The van der Waals surface area contributed by atoms with E-state index in [9.17, 15) is 9.90 Å². The molecule has 3 aromatic rings. The molecular weight excluding hydrogens is 426 g/mol. The van der Waals surface area contributed by atoms with Crippen LogP contribution in [-0.2, 0) is 30.8 Å². The van der Waals surface area contributed by atoms with Crippen molar-refractivity contribution < 1.29 is 14.6 Å². The van der Waals surface area contributed by atoms with Gasteiger partial charge < -0.3 is 26.2 Å². The fourth-order valence-corrected chi connectivity index (χ4v) is 4.04. The molecule has 0 aliphatic rings. The molecule has 0 saturated carbocycles. The first-order valence-corrected chi connectivity index (χ1v) is 11.7. The number of nitrogens with one attached hydrogen (secondary N) is 2. The molecule has 3 aromatic carbocycles. The quantitative estimate of drug-likeness (QED) is 0.347. The highest BCUT2D eigenvalue weighted by Gasteiger charge is 2.17. The lowest BCUT2D eigenvalue weighted by Crippen LogP contribution is -2.42. The molecule has 3 rings (SSSR count). The molecule has 0 saturated heterocycles. The minimum Gasteiger partial charge on any atom is -0.508 e. The number of aromatic hydroxyl groups is 1. The number of hydrogen-bond acceptors (Lipinski definition) is 5. The summed E-state index contributed by atoms with van der Waals surface area (Å²) in [6, 6.07) is 19.0. The van der Waals surface area contributed by atoms with Gasteiger partial charge in [-0.25, -0.2) is 0 Å². The van der Waals surface area contributed by atoms with Gasteiger partial charge in [-0.15, -0.1) is 0 Å². The van der Waals surface area contributed by atoms with Crippen LogP contribution in [-0.4, -0.2) is 23.7 Å². The van der Waals surface area contributed by atoms with Crippen LogP contribution in [0.4, 0.5) is 0 Å². The molecule has 0 aromatic heterocycles. The molecule has 5 N–H and O–H groups in total. The number of aryl methyl sites for hydroxylation is 2. The van der Waals surface area contributed by atoms with Crippen molar-refractivity contribution in [1.82, 2.24) is 10.6 Å². The van der Waals surface area contributed by atoms with Crippen LogP contribution >= 0.6 is 0 Å². The summed E-state index contributed by atoms with van der Waals surface area (Å²) in [6.45, 7) is 8.15. The summed E-state index contributed by atoms with van der Waals surface area (Å²) in [4.78, 5) is 12.8. The number of amides is 1. The number of nitrogens with two attached hydrogens (primary N) is 1. The van der Waals surface area contributed by atoms with Gasteiger partial charge in [0.15, 0.2) is 0 Å². The van der Waals surface area contributed by atoms with Gasteiger partial charge in [-0.2, -0.15) is 0 Å². The fraction of sp³-hybridized carbons (Fsp3) is 0.321. The third-order valence-corrected chi connectivity index (χ3v) is 5.82. The average Bonchev–Trinajstić information content (AvgIpc) is 2.81. The number of phenolic OH excluding ortho intramolecular Hbond substituents is 1. The van der Waals surface area contributed by atoms with E-state index < -0.39 is 6.04 Å². The summed E-state index contributed by atoms with van der Waals surface area (Å²) in [5.74, 6) is 0.758. The Bertz CT molecular complexity index is 1080. The van der Waals surface area contributed by atoms with E-state index in [1.54, 1.807) is 12.1 Å². The molecule has 6 heteroatoms. The van der Waals surface area contributed by atoms with E-state index in [1.807, 2.05) is 51.1 Å². The molecule has 0 fully saturated rings. The second-order valence-corrected chi connectivity index (χ2v) is 8.55. The minimum absolute atomic E-state index is 0.220. The molecule has 0 radical (unpaired) electrons. The molecule has 34 heavy (non-hydrogen) atoms. The molecule has 1 atom stereocenters. The van der Waals surface area contributed by atoms with Gasteiger partial charge in [0.25, 0.3) is 0 Å². The van der Waals surface area contributed by atoms with Crippen LogP contribution in [0.3, 0.4) is 0 Å². The van der Waals surface area contributed by atoms with E-state index in [0.717, 1.165) is 40.1 Å². The number of hydrogen-bond donors (Lipinski definition) is 4. The van der Waals surface area contributed by atoms with Crippen LogP contribution in [0.5, 0.6) is 11.5 Å². The first-order chi connectivity index (χ1) is 16.4. The molecule has 0 aliphatic heterocycles. The Hall–Kier alpha value is -3.35. The van der Waals surface area contributed by atoms with Crippen LogP contribution in [0.1, 0.15) is 40.3 Å². The Morgan fingerprint density at radius 2 is 1.65 bits per heavy atom. The largest absolute Gasteiger partial charge is 0.508 e. The second-order valence-electron chi connectivity index (χ2n) is 8.55. The number of benzene rings is 3. The van der Waals surface area contributed by atoms with Crippen molar-refractivity contribution in [1.29, 1.82) is 0 Å². The van der Waals surface area contributed by atoms with Gasteiger partial charge in [0.1, 0.15) is 11.5 Å². The Labute approximate surface area is 202 Å². The molecule has 0 heterocycles. The molecule has 0 unspecified atom stereocenters. The van der Waals surface area contributed by atoms with Gasteiger partial charge in [-0.1, -0.05) is 36.4 Å². The number of carbonyl (C=O) groups excluding carboxylic acids is 1. The Morgan fingerprint density at radius 1 is 0.971 bits per heavy atom. The number of phenols is 1. The van der Waals surface area contributed by atoms with Gasteiger partial charge in [-0.3, -0.25) is 4.79 Å². The first-order valence-electron chi connectivity index (χ1n) is 11.7. The third kappa shape index (κ3) is 7.07. The highest BCUT2D eigenvalue weighted by atomic mass is 16.5. The molecule has 0 bridgehead atoms. The Kier molecular flexibility index (Phi) is 9.08. The van der Waals surface area contributed by atoms with E-state index in [4.69, 9.17) is 10.5 Å². The van der Waals surface area contributed by atoms with Gasteiger partial charge in [0, 0.05) is 25.2 Å². The van der Waals surface area contributed by atoms with E-state index in [2.05, 4.69) is 28.8 Å². The molecule has 0 aliphatic carbocycles. The van der Waals surface area contributed by atoms with Crippen molar-refractivity contribution in [2.45, 2.75) is 52.9 Å². The summed E-state index contributed by atoms with van der Waals surface area (Å²) < 4.78 is 5.77. The maximum Gasteiger partial charge on any atom is 0.237 e. The van der Waals surface area contributed by atoms with E-state index in [0.29, 0.717) is 26.1 Å². The first kappa shape index (κ1) is 25.3. The van der Waals surface area contributed by atoms with E-state index in [1.165, 1.54) is 5.56 Å². The zero-order valence-electron chi connectivity index (χ0n) is 20.2. The normalized spacial score (nSPS) is 11.8. The fourth-order valence-electron chi connectivity index (χ4n) is 4.04. The van der Waals surface area contributed by atoms with E-state index in [-0.39, 0.29) is 11.7 Å². The van der Waals surface area contributed by atoms with Crippen molar-refractivity contribution in [3.8, 4) is 11.5 Å². The van der Waals surface area contributed by atoms with Crippen LogP contribution in [0.25, 0.3) is 0 Å². The topological polar surface area (TPSA) is 96.6 Å². The lowest BCUT2D eigenvalue weighted by molar-refractivity contribution is -0.122. The average molecular weight is 462 g/mol. The Balaban J connectivity index is 1.61. The number of ether oxygens (including phenoxy) is 1. The van der Waals surface area contributed by atoms with Gasteiger partial charge in [0.05, 0.1) is 12.6 Å².